The first-order valence-electron chi connectivity index (χ1n) is 5.46. The zero-order valence-corrected chi connectivity index (χ0v) is 9.58. The summed E-state index contributed by atoms with van der Waals surface area (Å²) >= 11 is 0. The van der Waals surface area contributed by atoms with E-state index in [-0.39, 0.29) is 0 Å². The summed E-state index contributed by atoms with van der Waals surface area (Å²) in [5, 5.41) is 8.93. The highest BCUT2D eigenvalue weighted by Crippen LogP contribution is 2.24. The third-order valence-corrected chi connectivity index (χ3v) is 2.92. The minimum atomic E-state index is -0.845. The lowest BCUT2D eigenvalue weighted by atomic mass is 9.91. The second-order valence-corrected chi connectivity index (χ2v) is 3.88. The van der Waals surface area contributed by atoms with Crippen molar-refractivity contribution in [1.29, 1.82) is 0 Å². The molecule has 0 aliphatic carbocycles. The fraction of sp³-hybridized carbons (Fsp3) is 0.462. The standard InChI is InChI=1S/C13H18O2/c1-4-9(3)12-8-11(13(14)15)7-6-10(12)5-2/h6-9H,4-5H2,1-3H3,(H,14,15). The normalized spacial score (nSPS) is 12.5. The van der Waals surface area contributed by atoms with Crippen LogP contribution in [0.4, 0.5) is 0 Å². The van der Waals surface area contributed by atoms with Crippen molar-refractivity contribution >= 4 is 5.97 Å². The third-order valence-electron chi connectivity index (χ3n) is 2.92. The van der Waals surface area contributed by atoms with Gasteiger partial charge in [0, 0.05) is 0 Å². The van der Waals surface area contributed by atoms with E-state index in [1.165, 1.54) is 11.1 Å². The number of carbonyl (C=O) groups is 1. The third kappa shape index (κ3) is 2.58. The Kier molecular flexibility index (Phi) is 3.89. The molecule has 0 aliphatic rings. The predicted octanol–water partition coefficient (Wildman–Crippen LogP) is 3.46. The van der Waals surface area contributed by atoms with E-state index in [4.69, 9.17) is 5.11 Å². The first kappa shape index (κ1) is 11.8. The van der Waals surface area contributed by atoms with Gasteiger partial charge < -0.3 is 5.11 Å². The molecule has 0 aromatic heterocycles. The molecule has 0 saturated carbocycles. The molecule has 0 spiro atoms. The molecule has 1 rings (SSSR count). The van der Waals surface area contributed by atoms with Crippen LogP contribution in [0.3, 0.4) is 0 Å². The SMILES string of the molecule is CCc1ccc(C(=O)O)cc1C(C)CC. The molecule has 2 heteroatoms. The first-order chi connectivity index (χ1) is 7.10. The molecule has 1 unspecified atom stereocenters. The number of benzene rings is 1. The lowest BCUT2D eigenvalue weighted by Crippen LogP contribution is -2.03. The van der Waals surface area contributed by atoms with Gasteiger partial charge in [-0.25, -0.2) is 4.79 Å². The van der Waals surface area contributed by atoms with Crippen LogP contribution >= 0.6 is 0 Å². The minimum absolute atomic E-state index is 0.391. The van der Waals surface area contributed by atoms with Crippen LogP contribution in [0.2, 0.25) is 0 Å². The molecule has 2 nitrogen and oxygen atoms in total. The van der Waals surface area contributed by atoms with Crippen molar-refractivity contribution in [3.05, 3.63) is 34.9 Å². The molecule has 0 heterocycles. The maximum Gasteiger partial charge on any atom is 0.335 e. The van der Waals surface area contributed by atoms with Crippen LogP contribution in [0.25, 0.3) is 0 Å². The van der Waals surface area contributed by atoms with Crippen LogP contribution in [0, 0.1) is 0 Å². The van der Waals surface area contributed by atoms with E-state index in [0.29, 0.717) is 11.5 Å². The summed E-state index contributed by atoms with van der Waals surface area (Å²) in [6.45, 7) is 6.36. The first-order valence-corrected chi connectivity index (χ1v) is 5.46. The highest BCUT2D eigenvalue weighted by Gasteiger charge is 2.11. The van der Waals surface area contributed by atoms with Crippen molar-refractivity contribution in [2.24, 2.45) is 0 Å². The van der Waals surface area contributed by atoms with Gasteiger partial charge in [-0.15, -0.1) is 0 Å². The summed E-state index contributed by atoms with van der Waals surface area (Å²) in [6, 6.07) is 5.44. The molecular formula is C13H18O2. The average molecular weight is 206 g/mol. The van der Waals surface area contributed by atoms with Crippen LogP contribution in [0.5, 0.6) is 0 Å². The van der Waals surface area contributed by atoms with Crippen LogP contribution in [-0.4, -0.2) is 11.1 Å². The Morgan fingerprint density at radius 2 is 2.07 bits per heavy atom. The molecule has 15 heavy (non-hydrogen) atoms. The molecule has 82 valence electrons. The quantitative estimate of drug-likeness (QED) is 0.819. The van der Waals surface area contributed by atoms with Crippen LogP contribution in [0.1, 0.15) is 54.6 Å². The van der Waals surface area contributed by atoms with E-state index in [1.54, 1.807) is 6.07 Å². The molecule has 0 amide bonds. The number of hydrogen-bond donors (Lipinski definition) is 1. The summed E-state index contributed by atoms with van der Waals surface area (Å²) in [5.74, 6) is -0.415. The van der Waals surface area contributed by atoms with Crippen molar-refractivity contribution in [1.82, 2.24) is 0 Å². The zero-order valence-electron chi connectivity index (χ0n) is 9.58. The Bertz CT molecular complexity index is 356. The van der Waals surface area contributed by atoms with Gasteiger partial charge in [0.25, 0.3) is 0 Å². The monoisotopic (exact) mass is 206 g/mol. The van der Waals surface area contributed by atoms with Crippen molar-refractivity contribution < 1.29 is 9.90 Å². The topological polar surface area (TPSA) is 37.3 Å². The number of aryl methyl sites for hydroxylation is 1. The Morgan fingerprint density at radius 3 is 2.53 bits per heavy atom. The smallest absolute Gasteiger partial charge is 0.335 e. The zero-order chi connectivity index (χ0) is 11.4. The minimum Gasteiger partial charge on any atom is -0.478 e. The molecule has 0 fully saturated rings. The predicted molar refractivity (Wildman–Crippen MR) is 61.5 cm³/mol. The van der Waals surface area contributed by atoms with Gasteiger partial charge in [0.15, 0.2) is 0 Å². The molecule has 1 N–H and O–H groups in total. The van der Waals surface area contributed by atoms with E-state index in [0.717, 1.165) is 12.8 Å². The van der Waals surface area contributed by atoms with Gasteiger partial charge in [-0.3, -0.25) is 0 Å². The Morgan fingerprint density at radius 1 is 1.40 bits per heavy atom. The number of rotatable bonds is 4. The van der Waals surface area contributed by atoms with Crippen molar-refractivity contribution in [2.45, 2.75) is 39.5 Å². The second-order valence-electron chi connectivity index (χ2n) is 3.88. The van der Waals surface area contributed by atoms with Crippen molar-refractivity contribution in [3.8, 4) is 0 Å². The molecule has 0 radical (unpaired) electrons. The van der Waals surface area contributed by atoms with Crippen molar-refractivity contribution in [3.63, 3.8) is 0 Å². The summed E-state index contributed by atoms with van der Waals surface area (Å²) in [5.41, 5.74) is 2.83. The molecule has 1 aromatic carbocycles. The summed E-state index contributed by atoms with van der Waals surface area (Å²) in [4.78, 5) is 10.9. The molecule has 0 bridgehead atoms. The lowest BCUT2D eigenvalue weighted by molar-refractivity contribution is 0.0696. The average Bonchev–Trinajstić information content (AvgIpc) is 2.27. The van der Waals surface area contributed by atoms with Gasteiger partial charge in [-0.2, -0.15) is 0 Å². The maximum absolute atomic E-state index is 10.9. The van der Waals surface area contributed by atoms with E-state index in [9.17, 15) is 4.79 Å². The molecular weight excluding hydrogens is 188 g/mol. The molecule has 1 atom stereocenters. The van der Waals surface area contributed by atoms with Gasteiger partial charge in [0.2, 0.25) is 0 Å². The lowest BCUT2D eigenvalue weighted by Gasteiger charge is -2.14. The Balaban J connectivity index is 3.18. The summed E-state index contributed by atoms with van der Waals surface area (Å²) in [6.07, 6.45) is 2.00. The van der Waals surface area contributed by atoms with Gasteiger partial charge in [-0.05, 0) is 42.0 Å². The van der Waals surface area contributed by atoms with Gasteiger partial charge in [0.1, 0.15) is 0 Å². The number of hydrogen-bond acceptors (Lipinski definition) is 1. The van der Waals surface area contributed by atoms with E-state index in [1.807, 2.05) is 12.1 Å². The molecule has 1 aromatic rings. The fourth-order valence-electron chi connectivity index (χ4n) is 1.73. The van der Waals surface area contributed by atoms with Gasteiger partial charge in [-0.1, -0.05) is 26.8 Å². The van der Waals surface area contributed by atoms with Crippen LogP contribution in [-0.2, 0) is 6.42 Å². The summed E-state index contributed by atoms with van der Waals surface area (Å²) in [7, 11) is 0. The largest absolute Gasteiger partial charge is 0.478 e. The fourth-order valence-corrected chi connectivity index (χ4v) is 1.73. The highest BCUT2D eigenvalue weighted by molar-refractivity contribution is 5.87. The Hall–Kier alpha value is -1.31. The van der Waals surface area contributed by atoms with E-state index >= 15 is 0 Å². The van der Waals surface area contributed by atoms with Crippen LogP contribution < -0.4 is 0 Å². The van der Waals surface area contributed by atoms with Crippen molar-refractivity contribution in [2.75, 3.05) is 0 Å². The van der Waals surface area contributed by atoms with Gasteiger partial charge in [0.05, 0.1) is 5.56 Å². The van der Waals surface area contributed by atoms with E-state index in [2.05, 4.69) is 20.8 Å². The van der Waals surface area contributed by atoms with Crippen LogP contribution in [0.15, 0.2) is 18.2 Å². The van der Waals surface area contributed by atoms with Gasteiger partial charge >= 0.3 is 5.97 Å². The van der Waals surface area contributed by atoms with E-state index < -0.39 is 5.97 Å². The molecule has 0 saturated heterocycles. The molecule has 0 aliphatic heterocycles. The maximum atomic E-state index is 10.9. The number of carboxylic acids is 1. The highest BCUT2D eigenvalue weighted by atomic mass is 16.4. The number of carboxylic acid groups (broad SMARTS) is 1. The Labute approximate surface area is 90.9 Å². The summed E-state index contributed by atoms with van der Waals surface area (Å²) < 4.78 is 0. The number of aromatic carboxylic acids is 1. The second kappa shape index (κ2) is 4.96.